The Kier molecular flexibility index (Phi) is 5.67. The second kappa shape index (κ2) is 5.70. The lowest BCUT2D eigenvalue weighted by molar-refractivity contribution is -0.142. The van der Waals surface area contributed by atoms with Crippen LogP contribution in [0.15, 0.2) is 9.66 Å². The molecule has 0 rings (SSSR count). The van der Waals surface area contributed by atoms with E-state index in [9.17, 15) is 4.79 Å². The van der Waals surface area contributed by atoms with Crippen LogP contribution < -0.4 is 0 Å². The van der Waals surface area contributed by atoms with Gasteiger partial charge in [0.15, 0.2) is 0 Å². The second-order valence-corrected chi connectivity index (χ2v) is 3.10. The van der Waals surface area contributed by atoms with Gasteiger partial charge in [-0.3, -0.25) is 4.79 Å². The van der Waals surface area contributed by atoms with Gasteiger partial charge in [-0.2, -0.15) is 0 Å². The van der Waals surface area contributed by atoms with Crippen molar-refractivity contribution < 1.29 is 9.53 Å². The van der Waals surface area contributed by atoms with Gasteiger partial charge < -0.3 is 4.74 Å². The summed E-state index contributed by atoms with van der Waals surface area (Å²) in [5.74, 6) is -0.148. The zero-order chi connectivity index (χ0) is 7.98. The van der Waals surface area contributed by atoms with Crippen LogP contribution >= 0.6 is 22.6 Å². The van der Waals surface area contributed by atoms with E-state index in [1.807, 2.05) is 13.0 Å². The molecule has 0 aromatic heterocycles. The number of carbonyl (C=O) groups excluding carboxylic acids is 1. The summed E-state index contributed by atoms with van der Waals surface area (Å²) in [5, 5.41) is 0. The van der Waals surface area contributed by atoms with Crippen LogP contribution in [0.1, 0.15) is 20.3 Å². The number of rotatable bonds is 3. The van der Waals surface area contributed by atoms with E-state index in [0.29, 0.717) is 13.0 Å². The van der Waals surface area contributed by atoms with Gasteiger partial charge in [0.2, 0.25) is 0 Å². The minimum Gasteiger partial charge on any atom is -0.466 e. The Labute approximate surface area is 74.8 Å². The van der Waals surface area contributed by atoms with Gasteiger partial charge in [-0.1, -0.05) is 6.08 Å². The van der Waals surface area contributed by atoms with Crippen LogP contribution in [-0.2, 0) is 9.53 Å². The van der Waals surface area contributed by atoms with E-state index in [4.69, 9.17) is 4.74 Å². The van der Waals surface area contributed by atoms with E-state index in [2.05, 4.69) is 22.6 Å². The van der Waals surface area contributed by atoms with E-state index in [-0.39, 0.29) is 5.97 Å². The molecule has 0 radical (unpaired) electrons. The maximum atomic E-state index is 10.7. The van der Waals surface area contributed by atoms with Gasteiger partial charge in [-0.15, -0.1) is 0 Å². The van der Waals surface area contributed by atoms with E-state index < -0.39 is 0 Å². The second-order valence-electron chi connectivity index (χ2n) is 1.72. The van der Waals surface area contributed by atoms with Crippen molar-refractivity contribution in [3.05, 3.63) is 9.66 Å². The van der Waals surface area contributed by atoms with Crippen LogP contribution in [0.25, 0.3) is 0 Å². The van der Waals surface area contributed by atoms with Gasteiger partial charge >= 0.3 is 5.97 Å². The molecule has 0 aromatic rings. The Hall–Kier alpha value is -0.0600. The van der Waals surface area contributed by atoms with Crippen molar-refractivity contribution in [1.82, 2.24) is 0 Å². The first-order chi connectivity index (χ1) is 4.70. The number of ether oxygens (including phenoxy) is 1. The van der Waals surface area contributed by atoms with Crippen molar-refractivity contribution in [3.63, 3.8) is 0 Å². The summed E-state index contributed by atoms with van der Waals surface area (Å²) in [7, 11) is 0. The van der Waals surface area contributed by atoms with Gasteiger partial charge in [-0.05, 0) is 40.0 Å². The van der Waals surface area contributed by atoms with Gasteiger partial charge in [0.25, 0.3) is 0 Å². The number of halogens is 1. The molecule has 0 aromatic carbocycles. The number of hydrogen-bond donors (Lipinski definition) is 0. The first kappa shape index (κ1) is 9.94. The van der Waals surface area contributed by atoms with Crippen LogP contribution in [0.4, 0.5) is 0 Å². The fraction of sp³-hybridized carbons (Fsp3) is 0.571. The molecule has 0 aliphatic heterocycles. The number of allylic oxidation sites excluding steroid dienone is 1. The molecule has 0 spiro atoms. The zero-order valence-electron chi connectivity index (χ0n) is 6.19. The first-order valence-corrected chi connectivity index (χ1v) is 4.24. The summed E-state index contributed by atoms with van der Waals surface area (Å²) in [6, 6.07) is 0. The fourth-order valence-electron chi connectivity index (χ4n) is 0.452. The molecule has 0 heterocycles. The van der Waals surface area contributed by atoms with Crippen molar-refractivity contribution in [1.29, 1.82) is 0 Å². The molecule has 0 aliphatic carbocycles. The lowest BCUT2D eigenvalue weighted by Crippen LogP contribution is -2.02. The van der Waals surface area contributed by atoms with Crippen molar-refractivity contribution in [2.24, 2.45) is 0 Å². The standard InChI is InChI=1S/C7H11IO2/c1-3-6(8)5-7(9)10-4-2/h3H,4-5H2,1-2H3/b6-3+. The third kappa shape index (κ3) is 4.78. The predicted molar refractivity (Wildman–Crippen MR) is 49.0 cm³/mol. The highest BCUT2D eigenvalue weighted by molar-refractivity contribution is 14.1. The summed E-state index contributed by atoms with van der Waals surface area (Å²) in [6.07, 6.45) is 2.31. The monoisotopic (exact) mass is 254 g/mol. The molecule has 0 amide bonds. The Morgan fingerprint density at radius 1 is 1.70 bits per heavy atom. The minimum absolute atomic E-state index is 0.148. The van der Waals surface area contributed by atoms with E-state index in [0.717, 1.165) is 3.58 Å². The molecule has 0 bridgehead atoms. The highest BCUT2D eigenvalue weighted by Crippen LogP contribution is 2.10. The normalized spacial score (nSPS) is 11.3. The Morgan fingerprint density at radius 3 is 2.70 bits per heavy atom. The molecular formula is C7H11IO2. The topological polar surface area (TPSA) is 26.3 Å². The molecule has 58 valence electrons. The molecule has 0 saturated heterocycles. The average molecular weight is 254 g/mol. The molecular weight excluding hydrogens is 243 g/mol. The van der Waals surface area contributed by atoms with E-state index in [1.54, 1.807) is 6.92 Å². The third-order valence-electron chi connectivity index (χ3n) is 0.932. The van der Waals surface area contributed by atoms with Crippen molar-refractivity contribution >= 4 is 28.6 Å². The number of carbonyl (C=O) groups is 1. The zero-order valence-corrected chi connectivity index (χ0v) is 8.34. The Balaban J connectivity index is 3.58. The van der Waals surface area contributed by atoms with Crippen LogP contribution in [0, 0.1) is 0 Å². The Morgan fingerprint density at radius 2 is 2.30 bits per heavy atom. The van der Waals surface area contributed by atoms with Crippen LogP contribution in [0.2, 0.25) is 0 Å². The highest BCUT2D eigenvalue weighted by atomic mass is 127. The SMILES string of the molecule is C/C=C(/I)CC(=O)OCC. The highest BCUT2D eigenvalue weighted by Gasteiger charge is 2.01. The molecule has 3 heteroatoms. The molecule has 0 N–H and O–H groups in total. The largest absolute Gasteiger partial charge is 0.466 e. The van der Waals surface area contributed by atoms with Gasteiger partial charge in [-0.25, -0.2) is 0 Å². The summed E-state index contributed by atoms with van der Waals surface area (Å²) in [4.78, 5) is 10.7. The maximum absolute atomic E-state index is 10.7. The van der Waals surface area contributed by atoms with E-state index in [1.165, 1.54) is 0 Å². The van der Waals surface area contributed by atoms with Crippen molar-refractivity contribution in [2.45, 2.75) is 20.3 Å². The summed E-state index contributed by atoms with van der Waals surface area (Å²) in [5.41, 5.74) is 0. The van der Waals surface area contributed by atoms with Crippen molar-refractivity contribution in [3.8, 4) is 0 Å². The number of esters is 1. The lowest BCUT2D eigenvalue weighted by Gasteiger charge is -1.98. The molecule has 0 aliphatic rings. The average Bonchev–Trinajstić information content (AvgIpc) is 1.88. The number of hydrogen-bond acceptors (Lipinski definition) is 2. The summed E-state index contributed by atoms with van der Waals surface area (Å²) < 4.78 is 5.75. The minimum atomic E-state index is -0.148. The maximum Gasteiger partial charge on any atom is 0.310 e. The van der Waals surface area contributed by atoms with Gasteiger partial charge in [0, 0.05) is 0 Å². The summed E-state index contributed by atoms with van der Waals surface area (Å²) in [6.45, 7) is 4.17. The van der Waals surface area contributed by atoms with Crippen LogP contribution in [0.3, 0.4) is 0 Å². The van der Waals surface area contributed by atoms with Crippen LogP contribution in [0.5, 0.6) is 0 Å². The molecule has 0 atom stereocenters. The first-order valence-electron chi connectivity index (χ1n) is 3.17. The van der Waals surface area contributed by atoms with E-state index >= 15 is 0 Å². The quantitative estimate of drug-likeness (QED) is 0.570. The third-order valence-corrected chi connectivity index (χ3v) is 1.94. The molecule has 0 saturated carbocycles. The fourth-order valence-corrected chi connectivity index (χ4v) is 0.763. The Bertz CT molecular complexity index is 141. The van der Waals surface area contributed by atoms with Crippen LogP contribution in [-0.4, -0.2) is 12.6 Å². The molecule has 2 nitrogen and oxygen atoms in total. The lowest BCUT2D eigenvalue weighted by atomic mass is 10.4. The van der Waals surface area contributed by atoms with Gasteiger partial charge in [0.05, 0.1) is 13.0 Å². The molecule has 0 unspecified atom stereocenters. The summed E-state index contributed by atoms with van der Waals surface area (Å²) >= 11 is 2.12. The molecule has 0 fully saturated rings. The predicted octanol–water partition coefficient (Wildman–Crippen LogP) is 2.28. The molecule has 10 heavy (non-hydrogen) atoms. The smallest absolute Gasteiger partial charge is 0.310 e. The van der Waals surface area contributed by atoms with Gasteiger partial charge in [0.1, 0.15) is 0 Å². The van der Waals surface area contributed by atoms with Crippen molar-refractivity contribution in [2.75, 3.05) is 6.61 Å².